The second-order valence-electron chi connectivity index (χ2n) is 5.59. The minimum absolute atomic E-state index is 0.210. The van der Waals surface area contributed by atoms with Crippen LogP contribution in [0.25, 0.3) is 10.4 Å². The largest absolute Gasteiger partial charge is 0.394 e. The van der Waals surface area contributed by atoms with Gasteiger partial charge in [0.25, 0.3) is 5.56 Å². The van der Waals surface area contributed by atoms with Crippen molar-refractivity contribution in [3.8, 4) is 0 Å². The van der Waals surface area contributed by atoms with Gasteiger partial charge in [0, 0.05) is 30.2 Å². The van der Waals surface area contributed by atoms with Crippen LogP contribution in [0.15, 0.2) is 20.9 Å². The highest BCUT2D eigenvalue weighted by Gasteiger charge is 2.36. The van der Waals surface area contributed by atoms with Crippen LogP contribution in [-0.2, 0) is 20.9 Å². The average Bonchev–Trinajstić information content (AvgIpc) is 3.00. The fourth-order valence-electron chi connectivity index (χ4n) is 2.61. The summed E-state index contributed by atoms with van der Waals surface area (Å²) < 4.78 is 17.9. The molecule has 1 aliphatic heterocycles. The number of rotatable bonds is 8. The first-order valence-electron chi connectivity index (χ1n) is 7.73. The summed E-state index contributed by atoms with van der Waals surface area (Å²) >= 11 is 0. The van der Waals surface area contributed by atoms with Crippen LogP contribution in [-0.4, -0.2) is 53.3 Å². The van der Waals surface area contributed by atoms with E-state index in [4.69, 9.17) is 19.7 Å². The van der Waals surface area contributed by atoms with Crippen molar-refractivity contribution in [2.75, 3.05) is 26.9 Å². The van der Waals surface area contributed by atoms with Crippen molar-refractivity contribution in [3.63, 3.8) is 0 Å². The fourth-order valence-corrected chi connectivity index (χ4v) is 2.61. The maximum absolute atomic E-state index is 12.6. The summed E-state index contributed by atoms with van der Waals surface area (Å²) in [4.78, 5) is 27.6. The third-order valence-corrected chi connectivity index (χ3v) is 3.91. The molecule has 1 saturated heterocycles. The van der Waals surface area contributed by atoms with Crippen LogP contribution in [0.4, 0.5) is 0 Å². The van der Waals surface area contributed by atoms with Crippen molar-refractivity contribution in [3.05, 3.63) is 43.0 Å². The number of nitrogens with zero attached hydrogens (tertiary/aromatic N) is 5. The second kappa shape index (κ2) is 8.79. The Hall–Kier alpha value is -2.17. The molecule has 1 fully saturated rings. The van der Waals surface area contributed by atoms with Crippen molar-refractivity contribution in [2.45, 2.75) is 38.4 Å². The van der Waals surface area contributed by atoms with Crippen LogP contribution in [0.1, 0.15) is 18.2 Å². The lowest BCUT2D eigenvalue weighted by molar-refractivity contribution is -0.0295. The summed E-state index contributed by atoms with van der Waals surface area (Å²) in [6, 6.07) is -0.592. The van der Waals surface area contributed by atoms with E-state index in [0.29, 0.717) is 12.2 Å². The minimum Gasteiger partial charge on any atom is -0.394 e. The zero-order valence-corrected chi connectivity index (χ0v) is 14.1. The summed E-state index contributed by atoms with van der Waals surface area (Å²) in [6.45, 7) is 1.61. The molecular weight excluding hydrogens is 334 g/mol. The van der Waals surface area contributed by atoms with Crippen molar-refractivity contribution >= 4 is 0 Å². The number of ether oxygens (including phenoxy) is 3. The maximum atomic E-state index is 12.6. The molecular formula is C14H21N5O6. The number of aliphatic hydroxyl groups excluding tert-OH is 1. The zero-order valence-electron chi connectivity index (χ0n) is 14.1. The van der Waals surface area contributed by atoms with Gasteiger partial charge < -0.3 is 19.3 Å². The predicted octanol–water partition coefficient (Wildman–Crippen LogP) is -0.102. The number of aromatic nitrogens is 2. The average molecular weight is 355 g/mol. The van der Waals surface area contributed by atoms with Gasteiger partial charge in [-0.3, -0.25) is 9.36 Å². The van der Waals surface area contributed by atoms with E-state index < -0.39 is 29.6 Å². The molecule has 0 aliphatic carbocycles. The molecule has 3 atom stereocenters. The molecule has 11 nitrogen and oxygen atoms in total. The van der Waals surface area contributed by atoms with E-state index in [0.717, 1.165) is 4.57 Å². The van der Waals surface area contributed by atoms with E-state index in [1.165, 1.54) is 17.9 Å². The summed E-state index contributed by atoms with van der Waals surface area (Å²) in [5.74, 6) is 0. The van der Waals surface area contributed by atoms with E-state index >= 15 is 0 Å². The van der Waals surface area contributed by atoms with Crippen molar-refractivity contribution in [2.24, 2.45) is 5.11 Å². The lowest BCUT2D eigenvalue weighted by Gasteiger charge is -2.17. The summed E-state index contributed by atoms with van der Waals surface area (Å²) in [5.41, 5.74) is 7.88. The first kappa shape index (κ1) is 19.2. The van der Waals surface area contributed by atoms with E-state index in [9.17, 15) is 14.7 Å². The van der Waals surface area contributed by atoms with Crippen LogP contribution >= 0.6 is 0 Å². The van der Waals surface area contributed by atoms with Gasteiger partial charge in [0.15, 0.2) is 0 Å². The Morgan fingerprint density at radius 3 is 2.88 bits per heavy atom. The molecule has 0 amide bonds. The molecule has 0 saturated carbocycles. The molecule has 11 heteroatoms. The Balaban J connectivity index is 2.30. The number of aryl methyl sites for hydroxylation is 1. The first-order valence-corrected chi connectivity index (χ1v) is 7.73. The zero-order chi connectivity index (χ0) is 18.4. The van der Waals surface area contributed by atoms with Crippen molar-refractivity contribution in [1.29, 1.82) is 0 Å². The maximum Gasteiger partial charge on any atom is 0.335 e. The van der Waals surface area contributed by atoms with Gasteiger partial charge in [-0.05, 0) is 12.5 Å². The monoisotopic (exact) mass is 355 g/mol. The lowest BCUT2D eigenvalue weighted by Crippen LogP contribution is -2.42. The standard InChI is InChI=1S/C14H21N5O6/c1-9-6-18(12-5-10(16-17-15)11(7-20)25-12)14(22)19(13(9)21)8-24-4-3-23-2/h6,10-12,20H,3-5,7-8H2,1-2H3/t10-,11+,12+/m0/s1. The molecule has 1 aromatic rings. The van der Waals surface area contributed by atoms with E-state index in [-0.39, 0.29) is 26.4 Å². The fraction of sp³-hybridized carbons (Fsp3) is 0.714. The highest BCUT2D eigenvalue weighted by atomic mass is 16.5. The van der Waals surface area contributed by atoms with Gasteiger partial charge in [0.2, 0.25) is 0 Å². The molecule has 25 heavy (non-hydrogen) atoms. The highest BCUT2D eigenvalue weighted by Crippen LogP contribution is 2.29. The van der Waals surface area contributed by atoms with Crippen LogP contribution in [0.5, 0.6) is 0 Å². The Kier molecular flexibility index (Phi) is 6.73. The Morgan fingerprint density at radius 1 is 1.48 bits per heavy atom. The van der Waals surface area contributed by atoms with Crippen LogP contribution in [0.2, 0.25) is 0 Å². The highest BCUT2D eigenvalue weighted by molar-refractivity contribution is 5.04. The SMILES string of the molecule is COCCOCn1c(=O)c(C)cn([C@H]2C[C@H](N=[N+]=[N-])[C@@H](CO)O2)c1=O. The van der Waals surface area contributed by atoms with Crippen LogP contribution in [0, 0.1) is 6.92 Å². The molecule has 0 spiro atoms. The third-order valence-electron chi connectivity index (χ3n) is 3.91. The molecule has 0 radical (unpaired) electrons. The molecule has 0 unspecified atom stereocenters. The smallest absolute Gasteiger partial charge is 0.335 e. The Bertz CT molecular complexity index is 753. The number of hydrogen-bond donors (Lipinski definition) is 1. The van der Waals surface area contributed by atoms with Gasteiger partial charge in [-0.25, -0.2) is 9.36 Å². The Morgan fingerprint density at radius 2 is 2.24 bits per heavy atom. The predicted molar refractivity (Wildman–Crippen MR) is 86.1 cm³/mol. The number of methoxy groups -OCH3 is 1. The molecule has 0 aromatic carbocycles. The van der Waals surface area contributed by atoms with E-state index in [2.05, 4.69) is 10.0 Å². The second-order valence-corrected chi connectivity index (χ2v) is 5.59. The van der Waals surface area contributed by atoms with E-state index in [1.807, 2.05) is 0 Å². The first-order chi connectivity index (χ1) is 12.0. The van der Waals surface area contributed by atoms with Gasteiger partial charge in [-0.2, -0.15) is 0 Å². The van der Waals surface area contributed by atoms with Gasteiger partial charge >= 0.3 is 5.69 Å². The molecule has 2 rings (SSSR count). The molecule has 0 bridgehead atoms. The number of azide groups is 1. The van der Waals surface area contributed by atoms with Crippen molar-refractivity contribution in [1.82, 2.24) is 9.13 Å². The third kappa shape index (κ3) is 4.27. The number of aliphatic hydroxyl groups is 1. The van der Waals surface area contributed by atoms with Crippen LogP contribution in [0.3, 0.4) is 0 Å². The topological polar surface area (TPSA) is 141 Å². The molecule has 1 aliphatic rings. The lowest BCUT2D eigenvalue weighted by atomic mass is 10.1. The molecule has 2 heterocycles. The van der Waals surface area contributed by atoms with Gasteiger partial charge in [0.1, 0.15) is 13.0 Å². The van der Waals surface area contributed by atoms with Crippen LogP contribution < -0.4 is 11.2 Å². The molecule has 1 aromatic heterocycles. The Labute approximate surface area is 143 Å². The summed E-state index contributed by atoms with van der Waals surface area (Å²) in [7, 11) is 1.52. The summed E-state index contributed by atoms with van der Waals surface area (Å²) in [6.07, 6.45) is 0.168. The van der Waals surface area contributed by atoms with Gasteiger partial charge in [-0.15, -0.1) is 0 Å². The van der Waals surface area contributed by atoms with Gasteiger partial charge in [-0.1, -0.05) is 5.11 Å². The molecule has 1 N–H and O–H groups in total. The number of hydrogen-bond acceptors (Lipinski definition) is 7. The van der Waals surface area contributed by atoms with E-state index in [1.54, 1.807) is 6.92 Å². The molecule has 138 valence electrons. The van der Waals surface area contributed by atoms with Gasteiger partial charge in [0.05, 0.1) is 32.0 Å². The van der Waals surface area contributed by atoms with Crippen molar-refractivity contribution < 1.29 is 19.3 Å². The normalized spacial score (nSPS) is 22.8. The summed E-state index contributed by atoms with van der Waals surface area (Å²) in [5, 5.41) is 12.9. The minimum atomic E-state index is -0.746. The quantitative estimate of drug-likeness (QED) is 0.299.